The molecular weight excluding hydrogens is 360 g/mol. The molecule has 0 aliphatic heterocycles. The van der Waals surface area contributed by atoms with Gasteiger partial charge in [0, 0.05) is 11.1 Å². The monoisotopic (exact) mass is 382 g/mol. The van der Waals surface area contributed by atoms with Crippen molar-refractivity contribution in [2.45, 2.75) is 6.92 Å². The van der Waals surface area contributed by atoms with E-state index in [9.17, 15) is 4.79 Å². The third-order valence-corrected chi connectivity index (χ3v) is 4.50. The minimum atomic E-state index is -0.357. The third kappa shape index (κ3) is 4.94. The van der Waals surface area contributed by atoms with Crippen molar-refractivity contribution in [2.75, 3.05) is 14.2 Å². The van der Waals surface area contributed by atoms with Crippen LogP contribution in [0.15, 0.2) is 72.8 Å². The van der Waals surface area contributed by atoms with E-state index in [0.717, 1.165) is 28.0 Å². The Morgan fingerprint density at radius 2 is 1.66 bits per heavy atom. The topological polar surface area (TPSA) is 35.5 Å². The molecule has 0 spiro atoms. The van der Waals surface area contributed by atoms with Gasteiger partial charge in [-0.2, -0.15) is 0 Å². The van der Waals surface area contributed by atoms with Crippen molar-refractivity contribution in [2.24, 2.45) is 0 Å². The lowest BCUT2D eigenvalue weighted by molar-refractivity contribution is 0.0600. The van der Waals surface area contributed by atoms with E-state index >= 15 is 0 Å². The maximum atomic E-state index is 11.5. The highest BCUT2D eigenvalue weighted by Gasteiger charge is 2.08. The maximum absolute atomic E-state index is 11.5. The van der Waals surface area contributed by atoms with Gasteiger partial charge in [0.2, 0.25) is 0 Å². The minimum absolute atomic E-state index is 0.357. The van der Waals surface area contributed by atoms with Crippen LogP contribution in [0.5, 0.6) is 5.75 Å². The molecule has 0 saturated carbocycles. The van der Waals surface area contributed by atoms with E-state index < -0.39 is 0 Å². The lowest BCUT2D eigenvalue weighted by Gasteiger charge is -2.11. The van der Waals surface area contributed by atoms with Gasteiger partial charge in [0.1, 0.15) is 5.75 Å². The number of ether oxygens (including phenoxy) is 2. The Bertz CT molecular complexity index is 1080. The Morgan fingerprint density at radius 1 is 0.931 bits per heavy atom. The summed E-state index contributed by atoms with van der Waals surface area (Å²) in [7, 11) is 3.03. The third-order valence-electron chi connectivity index (χ3n) is 4.50. The van der Waals surface area contributed by atoms with Crippen LogP contribution in [0.4, 0.5) is 0 Å². The first-order chi connectivity index (χ1) is 14.1. The quantitative estimate of drug-likeness (QED) is 0.440. The highest BCUT2D eigenvalue weighted by atomic mass is 16.5. The molecule has 0 fully saturated rings. The second-order valence-electron chi connectivity index (χ2n) is 6.46. The van der Waals surface area contributed by atoms with E-state index in [1.165, 1.54) is 12.7 Å². The van der Waals surface area contributed by atoms with Crippen LogP contribution in [0.2, 0.25) is 0 Å². The smallest absolute Gasteiger partial charge is 0.337 e. The molecule has 144 valence electrons. The van der Waals surface area contributed by atoms with Crippen molar-refractivity contribution < 1.29 is 14.3 Å². The Hall–Kier alpha value is -3.77. The van der Waals surface area contributed by atoms with Gasteiger partial charge in [0.15, 0.2) is 0 Å². The van der Waals surface area contributed by atoms with Gasteiger partial charge < -0.3 is 9.47 Å². The molecule has 3 nitrogen and oxygen atoms in total. The Kier molecular flexibility index (Phi) is 6.50. The van der Waals surface area contributed by atoms with Crippen LogP contribution in [0.1, 0.15) is 27.0 Å². The van der Waals surface area contributed by atoms with Crippen LogP contribution >= 0.6 is 0 Å². The standard InChI is InChI=1S/C26H22O3/c1-19-11-15-21(16-12-19)23-9-6-10-25(28-2)24(23)8-5-4-7-20-13-17-22(18-14-20)26(27)29-3/h5-6,8-18H,1-3H3. The Labute approximate surface area is 171 Å². The summed E-state index contributed by atoms with van der Waals surface area (Å²) >= 11 is 0. The predicted molar refractivity (Wildman–Crippen MR) is 117 cm³/mol. The van der Waals surface area contributed by atoms with E-state index in [1.54, 1.807) is 31.4 Å². The van der Waals surface area contributed by atoms with Gasteiger partial charge >= 0.3 is 5.97 Å². The first-order valence-corrected chi connectivity index (χ1v) is 9.23. The molecule has 0 aliphatic carbocycles. The van der Waals surface area contributed by atoms with Gasteiger partial charge in [-0.15, -0.1) is 0 Å². The van der Waals surface area contributed by atoms with Gasteiger partial charge in [-0.3, -0.25) is 0 Å². The number of esters is 1. The van der Waals surface area contributed by atoms with E-state index in [2.05, 4.69) is 49.1 Å². The number of hydrogen-bond acceptors (Lipinski definition) is 3. The van der Waals surface area contributed by atoms with Crippen LogP contribution in [0.25, 0.3) is 17.2 Å². The van der Waals surface area contributed by atoms with Crippen molar-refractivity contribution >= 4 is 12.0 Å². The van der Waals surface area contributed by atoms with Gasteiger partial charge in [-0.25, -0.2) is 4.79 Å². The minimum Gasteiger partial charge on any atom is -0.496 e. The van der Waals surface area contributed by atoms with E-state index in [4.69, 9.17) is 9.47 Å². The number of benzene rings is 3. The normalized spacial score (nSPS) is 10.3. The van der Waals surface area contributed by atoms with Crippen LogP contribution in [0.3, 0.4) is 0 Å². The molecule has 0 radical (unpaired) electrons. The summed E-state index contributed by atoms with van der Waals surface area (Å²) in [6.45, 7) is 2.07. The predicted octanol–water partition coefficient (Wildman–Crippen LogP) is 5.52. The molecule has 0 N–H and O–H groups in total. The molecule has 3 rings (SSSR count). The first-order valence-electron chi connectivity index (χ1n) is 9.23. The first kappa shape index (κ1) is 20.0. The van der Waals surface area contributed by atoms with Gasteiger partial charge in [0.05, 0.1) is 19.8 Å². The van der Waals surface area contributed by atoms with Crippen LogP contribution in [0, 0.1) is 18.8 Å². The number of aryl methyl sites for hydroxylation is 1. The van der Waals surface area contributed by atoms with Crippen LogP contribution < -0.4 is 4.74 Å². The molecule has 3 aromatic carbocycles. The van der Waals surface area contributed by atoms with Crippen molar-refractivity contribution in [1.29, 1.82) is 0 Å². The fourth-order valence-electron chi connectivity index (χ4n) is 2.94. The molecule has 0 heterocycles. The summed E-state index contributed by atoms with van der Waals surface area (Å²) in [5, 5.41) is 0. The second kappa shape index (κ2) is 9.43. The van der Waals surface area contributed by atoms with Crippen molar-refractivity contribution in [3.63, 3.8) is 0 Å². The van der Waals surface area contributed by atoms with Gasteiger partial charge in [-0.1, -0.05) is 53.8 Å². The zero-order valence-electron chi connectivity index (χ0n) is 16.7. The number of allylic oxidation sites excluding steroid dienone is 1. The summed E-state index contributed by atoms with van der Waals surface area (Å²) < 4.78 is 10.3. The average Bonchev–Trinajstić information content (AvgIpc) is 2.77. The zero-order valence-corrected chi connectivity index (χ0v) is 16.7. The maximum Gasteiger partial charge on any atom is 0.337 e. The summed E-state index contributed by atoms with van der Waals surface area (Å²) in [4.78, 5) is 11.5. The van der Waals surface area contributed by atoms with E-state index in [-0.39, 0.29) is 5.97 Å². The average molecular weight is 382 g/mol. The molecule has 0 amide bonds. The van der Waals surface area contributed by atoms with Crippen LogP contribution in [-0.4, -0.2) is 20.2 Å². The Morgan fingerprint density at radius 3 is 2.31 bits per heavy atom. The van der Waals surface area contributed by atoms with E-state index in [1.807, 2.05) is 24.3 Å². The summed E-state index contributed by atoms with van der Waals surface area (Å²) in [5.41, 5.74) is 5.74. The molecule has 0 atom stereocenters. The zero-order chi connectivity index (χ0) is 20.6. The summed E-state index contributed by atoms with van der Waals surface area (Å²) in [6.07, 6.45) is 3.77. The number of methoxy groups -OCH3 is 2. The molecule has 0 unspecified atom stereocenters. The molecule has 3 aromatic rings. The molecule has 0 aliphatic rings. The molecule has 3 heteroatoms. The van der Waals surface area contributed by atoms with Crippen molar-refractivity contribution in [3.8, 4) is 28.7 Å². The molecule has 29 heavy (non-hydrogen) atoms. The van der Waals surface area contributed by atoms with Crippen molar-refractivity contribution in [1.82, 2.24) is 0 Å². The molecule has 0 saturated heterocycles. The second-order valence-corrected chi connectivity index (χ2v) is 6.46. The Balaban J connectivity index is 1.86. The molecule has 0 bridgehead atoms. The lowest BCUT2D eigenvalue weighted by atomic mass is 9.97. The summed E-state index contributed by atoms with van der Waals surface area (Å²) in [5.74, 6) is 6.56. The highest BCUT2D eigenvalue weighted by molar-refractivity contribution is 5.89. The fraction of sp³-hybridized carbons (Fsp3) is 0.115. The highest BCUT2D eigenvalue weighted by Crippen LogP contribution is 2.32. The lowest BCUT2D eigenvalue weighted by Crippen LogP contribution is -2.00. The van der Waals surface area contributed by atoms with Crippen LogP contribution in [-0.2, 0) is 4.74 Å². The molecule has 0 aromatic heterocycles. The number of hydrogen-bond donors (Lipinski definition) is 0. The SMILES string of the molecule is COC(=O)c1ccc(C#CC=Cc2c(OC)cccc2-c2ccc(C)cc2)cc1. The van der Waals surface area contributed by atoms with Gasteiger partial charge in [0.25, 0.3) is 0 Å². The number of carbonyl (C=O) groups excluding carboxylic acids is 1. The van der Waals surface area contributed by atoms with E-state index in [0.29, 0.717) is 5.56 Å². The fourth-order valence-corrected chi connectivity index (χ4v) is 2.94. The molecular formula is C26H22O3. The van der Waals surface area contributed by atoms with Gasteiger partial charge in [-0.05, 0) is 60.5 Å². The largest absolute Gasteiger partial charge is 0.496 e. The number of carbonyl (C=O) groups is 1. The van der Waals surface area contributed by atoms with Crippen molar-refractivity contribution in [3.05, 3.63) is 95.1 Å². The number of rotatable bonds is 4. The summed E-state index contributed by atoms with van der Waals surface area (Å²) in [6, 6.07) is 21.4.